The van der Waals surface area contributed by atoms with E-state index >= 15 is 0 Å². The molecule has 0 unspecified atom stereocenters. The minimum absolute atomic E-state index is 0.0162. The normalized spacial score (nSPS) is 11.9. The molecule has 0 fully saturated rings. The Morgan fingerprint density at radius 2 is 1.83 bits per heavy atom. The van der Waals surface area contributed by atoms with Gasteiger partial charge in [0.2, 0.25) is 0 Å². The number of ketones is 1. The first kappa shape index (κ1) is 15.2. The Morgan fingerprint density at radius 1 is 1.28 bits per heavy atom. The number of rotatable bonds is 5. The SMILES string of the molecule is CN(CCC(F)(F)F)CC(=O)c1ccc(Br)cc1. The van der Waals surface area contributed by atoms with Gasteiger partial charge in [0.1, 0.15) is 0 Å². The van der Waals surface area contributed by atoms with Crippen LogP contribution in [0.4, 0.5) is 13.2 Å². The molecule has 0 aliphatic rings. The minimum atomic E-state index is -4.19. The van der Waals surface area contributed by atoms with Gasteiger partial charge >= 0.3 is 6.18 Å². The first-order valence-corrected chi connectivity index (χ1v) is 6.11. The summed E-state index contributed by atoms with van der Waals surface area (Å²) in [7, 11) is 1.50. The fourth-order valence-corrected chi connectivity index (χ4v) is 1.63. The molecular formula is C12H13BrF3NO. The highest BCUT2D eigenvalue weighted by Crippen LogP contribution is 2.19. The first-order valence-electron chi connectivity index (χ1n) is 5.32. The molecule has 0 aliphatic carbocycles. The molecule has 0 N–H and O–H groups in total. The molecule has 1 aromatic carbocycles. The lowest BCUT2D eigenvalue weighted by Gasteiger charge is -2.16. The molecule has 1 aromatic rings. The summed E-state index contributed by atoms with van der Waals surface area (Å²) in [5.41, 5.74) is 0.497. The standard InChI is InChI=1S/C12H13BrF3NO/c1-17(7-6-12(14,15)16)8-11(18)9-2-4-10(13)5-3-9/h2-5H,6-8H2,1H3. The Morgan fingerprint density at radius 3 is 2.33 bits per heavy atom. The average Bonchev–Trinajstić information content (AvgIpc) is 2.26. The van der Waals surface area contributed by atoms with Crippen LogP contribution in [0.3, 0.4) is 0 Å². The van der Waals surface area contributed by atoms with Crippen LogP contribution < -0.4 is 0 Å². The number of alkyl halides is 3. The Hall–Kier alpha value is -0.880. The summed E-state index contributed by atoms with van der Waals surface area (Å²) < 4.78 is 36.9. The molecule has 6 heteroatoms. The van der Waals surface area contributed by atoms with Crippen molar-refractivity contribution in [2.45, 2.75) is 12.6 Å². The monoisotopic (exact) mass is 323 g/mol. The van der Waals surface area contributed by atoms with Crippen molar-refractivity contribution in [3.05, 3.63) is 34.3 Å². The van der Waals surface area contributed by atoms with Gasteiger partial charge in [0.25, 0.3) is 0 Å². The summed E-state index contributed by atoms with van der Waals surface area (Å²) in [4.78, 5) is 13.1. The zero-order valence-electron chi connectivity index (χ0n) is 9.80. The Bertz CT molecular complexity index is 403. The van der Waals surface area contributed by atoms with Gasteiger partial charge in [0.05, 0.1) is 13.0 Å². The smallest absolute Gasteiger partial charge is 0.299 e. The van der Waals surface area contributed by atoms with Gasteiger partial charge in [-0.25, -0.2) is 0 Å². The number of nitrogens with zero attached hydrogens (tertiary/aromatic N) is 1. The largest absolute Gasteiger partial charge is 0.390 e. The van der Waals surface area contributed by atoms with E-state index in [1.54, 1.807) is 24.3 Å². The number of Topliss-reactive ketones (excluding diaryl/α,β-unsaturated/α-hetero) is 1. The van der Waals surface area contributed by atoms with Crippen LogP contribution in [0.5, 0.6) is 0 Å². The lowest BCUT2D eigenvalue weighted by molar-refractivity contribution is -0.137. The molecule has 0 bridgehead atoms. The van der Waals surface area contributed by atoms with E-state index < -0.39 is 12.6 Å². The van der Waals surface area contributed by atoms with E-state index in [1.165, 1.54) is 11.9 Å². The molecule has 2 nitrogen and oxygen atoms in total. The predicted octanol–water partition coefficient (Wildman–Crippen LogP) is 3.52. The maximum absolute atomic E-state index is 12.0. The fraction of sp³-hybridized carbons (Fsp3) is 0.417. The molecule has 0 amide bonds. The zero-order chi connectivity index (χ0) is 13.8. The number of likely N-dealkylation sites (N-methyl/N-ethyl adjacent to an activating group) is 1. The summed E-state index contributed by atoms with van der Waals surface area (Å²) >= 11 is 3.25. The average molecular weight is 324 g/mol. The molecule has 18 heavy (non-hydrogen) atoms. The highest BCUT2D eigenvalue weighted by atomic mass is 79.9. The summed E-state index contributed by atoms with van der Waals surface area (Å²) in [6, 6.07) is 6.74. The number of benzene rings is 1. The molecule has 0 atom stereocenters. The predicted molar refractivity (Wildman–Crippen MR) is 66.6 cm³/mol. The summed E-state index contributed by atoms with van der Waals surface area (Å²) in [6.07, 6.45) is -5.09. The van der Waals surface area contributed by atoms with Crippen molar-refractivity contribution < 1.29 is 18.0 Å². The molecule has 0 aliphatic heterocycles. The van der Waals surface area contributed by atoms with Crippen LogP contribution in [0.25, 0.3) is 0 Å². The van der Waals surface area contributed by atoms with Gasteiger partial charge in [-0.1, -0.05) is 28.1 Å². The van der Waals surface area contributed by atoms with Crippen LogP contribution in [0.2, 0.25) is 0 Å². The minimum Gasteiger partial charge on any atom is -0.299 e. The van der Waals surface area contributed by atoms with Gasteiger partial charge < -0.3 is 0 Å². The third-order valence-corrected chi connectivity index (χ3v) is 2.89. The van der Waals surface area contributed by atoms with Gasteiger partial charge in [-0.05, 0) is 19.2 Å². The van der Waals surface area contributed by atoms with Crippen molar-refractivity contribution >= 4 is 21.7 Å². The van der Waals surface area contributed by atoms with Crippen molar-refractivity contribution in [2.24, 2.45) is 0 Å². The number of halogens is 4. The van der Waals surface area contributed by atoms with E-state index in [-0.39, 0.29) is 18.9 Å². The second-order valence-electron chi connectivity index (χ2n) is 4.03. The van der Waals surface area contributed by atoms with Crippen LogP contribution in [-0.4, -0.2) is 37.0 Å². The molecule has 0 radical (unpaired) electrons. The quantitative estimate of drug-likeness (QED) is 0.773. The summed E-state index contributed by atoms with van der Waals surface area (Å²) in [5.74, 6) is -0.188. The maximum Gasteiger partial charge on any atom is 0.390 e. The topological polar surface area (TPSA) is 20.3 Å². The van der Waals surface area contributed by atoms with Crippen LogP contribution >= 0.6 is 15.9 Å². The molecule has 0 heterocycles. The third kappa shape index (κ3) is 5.64. The molecule has 0 aromatic heterocycles. The highest BCUT2D eigenvalue weighted by molar-refractivity contribution is 9.10. The second-order valence-corrected chi connectivity index (χ2v) is 4.95. The van der Waals surface area contributed by atoms with E-state index in [9.17, 15) is 18.0 Å². The number of hydrogen-bond donors (Lipinski definition) is 0. The van der Waals surface area contributed by atoms with Crippen molar-refractivity contribution in [1.29, 1.82) is 0 Å². The molecule has 1 rings (SSSR count). The van der Waals surface area contributed by atoms with E-state index in [0.29, 0.717) is 5.56 Å². The highest BCUT2D eigenvalue weighted by Gasteiger charge is 2.27. The fourth-order valence-electron chi connectivity index (χ4n) is 1.37. The molecule has 100 valence electrons. The summed E-state index contributed by atoms with van der Waals surface area (Å²) in [5, 5.41) is 0. The van der Waals surface area contributed by atoms with E-state index in [2.05, 4.69) is 15.9 Å². The van der Waals surface area contributed by atoms with Gasteiger partial charge in [0.15, 0.2) is 5.78 Å². The first-order chi connectivity index (χ1) is 8.28. The molecule has 0 saturated carbocycles. The summed E-state index contributed by atoms with van der Waals surface area (Å²) in [6.45, 7) is -0.191. The van der Waals surface area contributed by atoms with Crippen LogP contribution in [0, 0.1) is 0 Å². The second kappa shape index (κ2) is 6.33. The lowest BCUT2D eigenvalue weighted by Crippen LogP contribution is -2.29. The van der Waals surface area contributed by atoms with E-state index in [4.69, 9.17) is 0 Å². The van der Waals surface area contributed by atoms with E-state index in [1.807, 2.05) is 0 Å². The molecule has 0 saturated heterocycles. The third-order valence-electron chi connectivity index (χ3n) is 2.36. The Kier molecular flexibility index (Phi) is 5.34. The zero-order valence-corrected chi connectivity index (χ0v) is 11.4. The van der Waals surface area contributed by atoms with E-state index in [0.717, 1.165) is 4.47 Å². The van der Waals surface area contributed by atoms with Crippen molar-refractivity contribution in [2.75, 3.05) is 20.1 Å². The van der Waals surface area contributed by atoms with Crippen LogP contribution in [0.1, 0.15) is 16.8 Å². The van der Waals surface area contributed by atoms with Gasteiger partial charge in [0, 0.05) is 16.6 Å². The van der Waals surface area contributed by atoms with Crippen molar-refractivity contribution in [3.63, 3.8) is 0 Å². The van der Waals surface area contributed by atoms with Gasteiger partial charge in [-0.2, -0.15) is 13.2 Å². The van der Waals surface area contributed by atoms with Crippen molar-refractivity contribution in [3.8, 4) is 0 Å². The lowest BCUT2D eigenvalue weighted by atomic mass is 10.1. The number of hydrogen-bond acceptors (Lipinski definition) is 2. The Balaban J connectivity index is 2.47. The van der Waals surface area contributed by atoms with Crippen LogP contribution in [0.15, 0.2) is 28.7 Å². The molecule has 0 spiro atoms. The van der Waals surface area contributed by atoms with Crippen molar-refractivity contribution in [1.82, 2.24) is 4.90 Å². The maximum atomic E-state index is 12.0. The van der Waals surface area contributed by atoms with Gasteiger partial charge in [-0.3, -0.25) is 9.69 Å². The van der Waals surface area contributed by atoms with Gasteiger partial charge in [-0.15, -0.1) is 0 Å². The molecular weight excluding hydrogens is 311 g/mol. The number of carbonyl (C=O) groups excluding carboxylic acids is 1. The number of carbonyl (C=O) groups is 1. The van der Waals surface area contributed by atoms with Crippen LogP contribution in [-0.2, 0) is 0 Å². The Labute approximate surface area is 112 Å².